The van der Waals surface area contributed by atoms with Gasteiger partial charge >= 0.3 is 0 Å². The van der Waals surface area contributed by atoms with Crippen LogP contribution in [0.25, 0.3) is 11.0 Å². The van der Waals surface area contributed by atoms with Gasteiger partial charge in [-0.25, -0.2) is 0 Å². The van der Waals surface area contributed by atoms with Crippen molar-refractivity contribution in [3.63, 3.8) is 0 Å². The van der Waals surface area contributed by atoms with Crippen LogP contribution in [-0.2, 0) is 11.2 Å². The van der Waals surface area contributed by atoms with Gasteiger partial charge in [0.15, 0.2) is 0 Å². The van der Waals surface area contributed by atoms with Crippen molar-refractivity contribution in [3.05, 3.63) is 35.1 Å². The molecule has 3 rings (SSSR count). The number of likely N-dealkylation sites (tertiary alicyclic amines) is 1. The lowest BCUT2D eigenvalue weighted by molar-refractivity contribution is -0.131. The molecule has 1 amide bonds. The van der Waals surface area contributed by atoms with Gasteiger partial charge in [-0.05, 0) is 48.9 Å². The number of aryl methyl sites for hydroxylation is 1. The molecule has 4 heteroatoms. The highest BCUT2D eigenvalue weighted by atomic mass is 16.3. The number of hydrogen-bond donors (Lipinski definition) is 1. The van der Waals surface area contributed by atoms with Crippen molar-refractivity contribution >= 4 is 16.9 Å². The van der Waals surface area contributed by atoms with E-state index in [1.165, 1.54) is 11.1 Å². The second-order valence-corrected chi connectivity index (χ2v) is 7.02. The molecule has 0 aliphatic carbocycles. The van der Waals surface area contributed by atoms with Crippen molar-refractivity contribution in [2.75, 3.05) is 13.1 Å². The molecule has 0 unspecified atom stereocenters. The number of hydrogen-bond acceptors (Lipinski definition) is 3. The molecule has 2 N–H and O–H groups in total. The highest BCUT2D eigenvalue weighted by Gasteiger charge is 2.22. The van der Waals surface area contributed by atoms with Crippen LogP contribution < -0.4 is 5.73 Å². The van der Waals surface area contributed by atoms with Crippen LogP contribution in [0.15, 0.2) is 22.8 Å². The molecule has 1 aromatic carbocycles. The molecule has 0 spiro atoms. The number of furan rings is 1. The van der Waals surface area contributed by atoms with E-state index in [9.17, 15) is 4.79 Å². The van der Waals surface area contributed by atoms with Gasteiger partial charge < -0.3 is 15.1 Å². The van der Waals surface area contributed by atoms with E-state index in [0.717, 1.165) is 42.5 Å². The van der Waals surface area contributed by atoms with Crippen molar-refractivity contribution in [3.8, 4) is 0 Å². The van der Waals surface area contributed by atoms with Gasteiger partial charge in [-0.1, -0.05) is 13.8 Å². The SMILES string of the molecule is Cc1cc2occ(CC(=O)N3CCC(N)CC3)c2cc1C(C)C. The number of piperidine rings is 1. The summed E-state index contributed by atoms with van der Waals surface area (Å²) < 4.78 is 5.68. The number of carbonyl (C=O) groups excluding carboxylic acids is 1. The predicted molar refractivity (Wildman–Crippen MR) is 92.5 cm³/mol. The summed E-state index contributed by atoms with van der Waals surface area (Å²) in [6, 6.07) is 4.51. The number of carbonyl (C=O) groups is 1. The summed E-state index contributed by atoms with van der Waals surface area (Å²) in [6.45, 7) is 8.03. The number of rotatable bonds is 3. The summed E-state index contributed by atoms with van der Waals surface area (Å²) in [5.41, 5.74) is 10.3. The third-order valence-electron chi connectivity index (χ3n) is 4.90. The van der Waals surface area contributed by atoms with E-state index in [1.54, 1.807) is 6.26 Å². The zero-order chi connectivity index (χ0) is 16.6. The molecule has 1 saturated heterocycles. The van der Waals surface area contributed by atoms with Crippen molar-refractivity contribution in [1.29, 1.82) is 0 Å². The normalized spacial score (nSPS) is 16.5. The van der Waals surface area contributed by atoms with Gasteiger partial charge in [0.1, 0.15) is 5.58 Å². The molecule has 124 valence electrons. The first kappa shape index (κ1) is 16.1. The lowest BCUT2D eigenvalue weighted by Crippen LogP contribution is -2.43. The number of benzene rings is 1. The zero-order valence-corrected chi connectivity index (χ0v) is 14.3. The second-order valence-electron chi connectivity index (χ2n) is 7.02. The van der Waals surface area contributed by atoms with Gasteiger partial charge in [0.25, 0.3) is 0 Å². The Labute approximate surface area is 137 Å². The Morgan fingerprint density at radius 3 is 2.70 bits per heavy atom. The van der Waals surface area contributed by atoms with Crippen molar-refractivity contribution in [2.45, 2.75) is 52.0 Å². The molecule has 1 fully saturated rings. The predicted octanol–water partition coefficient (Wildman–Crippen LogP) is 3.36. The van der Waals surface area contributed by atoms with E-state index in [1.807, 2.05) is 4.90 Å². The van der Waals surface area contributed by atoms with Gasteiger partial charge in [-0.3, -0.25) is 4.79 Å². The van der Waals surface area contributed by atoms with E-state index in [0.29, 0.717) is 12.3 Å². The minimum Gasteiger partial charge on any atom is -0.464 e. The van der Waals surface area contributed by atoms with Crippen LogP contribution in [0.5, 0.6) is 0 Å². The van der Waals surface area contributed by atoms with Crippen LogP contribution in [0.2, 0.25) is 0 Å². The highest BCUT2D eigenvalue weighted by molar-refractivity contribution is 5.88. The number of fused-ring (bicyclic) bond motifs is 1. The van der Waals surface area contributed by atoms with Crippen LogP contribution >= 0.6 is 0 Å². The minimum absolute atomic E-state index is 0.172. The van der Waals surface area contributed by atoms with E-state index in [4.69, 9.17) is 10.2 Å². The fraction of sp³-hybridized carbons (Fsp3) is 0.526. The molecule has 2 heterocycles. The Morgan fingerprint density at radius 1 is 1.35 bits per heavy atom. The maximum absolute atomic E-state index is 12.5. The summed E-state index contributed by atoms with van der Waals surface area (Å²) in [7, 11) is 0. The van der Waals surface area contributed by atoms with Crippen LogP contribution in [0.1, 0.15) is 49.3 Å². The minimum atomic E-state index is 0.172. The van der Waals surface area contributed by atoms with Gasteiger partial charge in [-0.15, -0.1) is 0 Å². The first-order chi connectivity index (χ1) is 11.0. The molecule has 2 aromatic rings. The fourth-order valence-corrected chi connectivity index (χ4v) is 3.43. The van der Waals surface area contributed by atoms with Crippen LogP contribution in [0, 0.1) is 6.92 Å². The maximum atomic E-state index is 12.5. The Kier molecular flexibility index (Phi) is 4.44. The number of nitrogens with zero attached hydrogens (tertiary/aromatic N) is 1. The summed E-state index contributed by atoms with van der Waals surface area (Å²) in [6.07, 6.45) is 3.94. The molecule has 1 aliphatic heterocycles. The molecule has 0 saturated carbocycles. The van der Waals surface area contributed by atoms with Gasteiger partial charge in [0.05, 0.1) is 12.7 Å². The quantitative estimate of drug-likeness (QED) is 0.945. The first-order valence-corrected chi connectivity index (χ1v) is 8.49. The first-order valence-electron chi connectivity index (χ1n) is 8.49. The Balaban J connectivity index is 1.82. The molecule has 1 aliphatic rings. The highest BCUT2D eigenvalue weighted by Crippen LogP contribution is 2.29. The molecule has 0 radical (unpaired) electrons. The fourth-order valence-electron chi connectivity index (χ4n) is 3.43. The van der Waals surface area contributed by atoms with Crippen LogP contribution in [-0.4, -0.2) is 29.9 Å². The third kappa shape index (κ3) is 3.27. The third-order valence-corrected chi connectivity index (χ3v) is 4.90. The molecule has 0 bridgehead atoms. The number of amides is 1. The Hall–Kier alpha value is -1.81. The van der Waals surface area contributed by atoms with Gasteiger partial charge in [0.2, 0.25) is 5.91 Å². The van der Waals surface area contributed by atoms with Crippen molar-refractivity contribution < 1.29 is 9.21 Å². The second kappa shape index (κ2) is 6.36. The van der Waals surface area contributed by atoms with Crippen LogP contribution in [0.3, 0.4) is 0 Å². The smallest absolute Gasteiger partial charge is 0.227 e. The molecule has 4 nitrogen and oxygen atoms in total. The van der Waals surface area contributed by atoms with Crippen LogP contribution in [0.4, 0.5) is 0 Å². The molecular weight excluding hydrogens is 288 g/mol. The maximum Gasteiger partial charge on any atom is 0.227 e. The Bertz CT molecular complexity index is 709. The van der Waals surface area contributed by atoms with E-state index < -0.39 is 0 Å². The molecule has 0 atom stereocenters. The monoisotopic (exact) mass is 314 g/mol. The summed E-state index contributed by atoms with van der Waals surface area (Å²) >= 11 is 0. The van der Waals surface area contributed by atoms with E-state index in [-0.39, 0.29) is 11.9 Å². The van der Waals surface area contributed by atoms with Crippen molar-refractivity contribution in [2.24, 2.45) is 5.73 Å². The van der Waals surface area contributed by atoms with Gasteiger partial charge in [0, 0.05) is 30.1 Å². The molecule has 23 heavy (non-hydrogen) atoms. The van der Waals surface area contributed by atoms with Crippen molar-refractivity contribution in [1.82, 2.24) is 4.90 Å². The zero-order valence-electron chi connectivity index (χ0n) is 14.3. The lowest BCUT2D eigenvalue weighted by Gasteiger charge is -2.30. The standard InChI is InChI=1S/C19H26N2O2/c1-12(2)16-10-17-14(11-23-18(17)8-13(16)3)9-19(22)21-6-4-15(20)5-7-21/h8,10-12,15H,4-7,9,20H2,1-3H3. The number of nitrogens with two attached hydrogens (primary N) is 1. The Morgan fingerprint density at radius 2 is 2.04 bits per heavy atom. The molecular formula is C19H26N2O2. The van der Waals surface area contributed by atoms with E-state index in [2.05, 4.69) is 32.9 Å². The van der Waals surface area contributed by atoms with Gasteiger partial charge in [-0.2, -0.15) is 0 Å². The lowest BCUT2D eigenvalue weighted by atomic mass is 9.95. The summed E-state index contributed by atoms with van der Waals surface area (Å²) in [5.74, 6) is 0.632. The molecule has 1 aromatic heterocycles. The largest absolute Gasteiger partial charge is 0.464 e. The summed E-state index contributed by atoms with van der Waals surface area (Å²) in [5, 5.41) is 1.07. The van der Waals surface area contributed by atoms with E-state index >= 15 is 0 Å². The average molecular weight is 314 g/mol. The average Bonchev–Trinajstić information content (AvgIpc) is 2.88. The summed E-state index contributed by atoms with van der Waals surface area (Å²) in [4.78, 5) is 14.5. The topological polar surface area (TPSA) is 59.5 Å².